The van der Waals surface area contributed by atoms with E-state index < -0.39 is 0 Å². The average molecular weight is 371 g/mol. The molecule has 0 unspecified atom stereocenters. The van der Waals surface area contributed by atoms with E-state index in [1.165, 1.54) is 30.6 Å². The molecule has 25 heavy (non-hydrogen) atoms. The van der Waals surface area contributed by atoms with E-state index in [9.17, 15) is 9.59 Å². The smallest absolute Gasteiger partial charge is 0.265 e. The summed E-state index contributed by atoms with van der Waals surface area (Å²) < 4.78 is 1.06. The number of carbonyl (C=O) groups is 2. The van der Waals surface area contributed by atoms with Gasteiger partial charge in [0, 0.05) is 24.3 Å². The van der Waals surface area contributed by atoms with Crippen LogP contribution >= 0.6 is 22.7 Å². The largest absolute Gasteiger partial charge is 0.348 e. The summed E-state index contributed by atoms with van der Waals surface area (Å²) in [4.78, 5) is 31.7. The standard InChI is InChI=1S/C18H17N3O2S2/c22-11-12-4-6-13(7-5-12)19-16(23)14-10-15-17(24-14)20-18(25-15)21-8-2-1-3-9-21/h4-7,10-11H,1-3,8-9H2,(H,19,23). The number of anilines is 2. The van der Waals surface area contributed by atoms with Crippen molar-refractivity contribution in [1.82, 2.24) is 4.98 Å². The molecule has 4 rings (SSSR count). The summed E-state index contributed by atoms with van der Waals surface area (Å²) in [5.41, 5.74) is 1.26. The molecule has 2 aromatic heterocycles. The molecule has 128 valence electrons. The molecule has 1 aliphatic rings. The molecule has 1 aromatic carbocycles. The Balaban J connectivity index is 1.49. The zero-order chi connectivity index (χ0) is 17.2. The van der Waals surface area contributed by atoms with Crippen LogP contribution in [0.4, 0.5) is 10.8 Å². The number of aromatic nitrogens is 1. The van der Waals surface area contributed by atoms with Crippen molar-refractivity contribution in [3.63, 3.8) is 0 Å². The first-order chi connectivity index (χ1) is 12.2. The Morgan fingerprint density at radius 3 is 2.56 bits per heavy atom. The quantitative estimate of drug-likeness (QED) is 0.690. The molecule has 3 heterocycles. The van der Waals surface area contributed by atoms with Crippen molar-refractivity contribution < 1.29 is 9.59 Å². The SMILES string of the molecule is O=Cc1ccc(NC(=O)c2cc3sc(N4CCCCC4)nc3s2)cc1. The van der Waals surface area contributed by atoms with Gasteiger partial charge in [-0.3, -0.25) is 9.59 Å². The molecule has 1 saturated heterocycles. The van der Waals surface area contributed by atoms with Gasteiger partial charge in [-0.05, 0) is 49.6 Å². The van der Waals surface area contributed by atoms with Crippen LogP contribution in [0.2, 0.25) is 0 Å². The van der Waals surface area contributed by atoms with Crippen molar-refractivity contribution >= 4 is 55.2 Å². The van der Waals surface area contributed by atoms with Crippen LogP contribution in [-0.2, 0) is 0 Å². The number of amides is 1. The number of carbonyl (C=O) groups excluding carboxylic acids is 2. The van der Waals surface area contributed by atoms with E-state index in [0.717, 1.165) is 34.0 Å². The van der Waals surface area contributed by atoms with E-state index in [0.29, 0.717) is 16.1 Å². The molecule has 0 radical (unpaired) electrons. The number of piperidine rings is 1. The van der Waals surface area contributed by atoms with E-state index in [-0.39, 0.29) is 5.91 Å². The lowest BCUT2D eigenvalue weighted by atomic mass is 10.1. The number of nitrogens with zero attached hydrogens (tertiary/aromatic N) is 2. The van der Waals surface area contributed by atoms with Crippen LogP contribution < -0.4 is 10.2 Å². The number of hydrogen-bond acceptors (Lipinski definition) is 6. The monoisotopic (exact) mass is 371 g/mol. The second-order valence-electron chi connectivity index (χ2n) is 6.02. The number of nitrogens with one attached hydrogen (secondary N) is 1. The van der Waals surface area contributed by atoms with Gasteiger partial charge >= 0.3 is 0 Å². The minimum absolute atomic E-state index is 0.145. The zero-order valence-electron chi connectivity index (χ0n) is 13.5. The molecular weight excluding hydrogens is 354 g/mol. The first kappa shape index (κ1) is 16.2. The van der Waals surface area contributed by atoms with Crippen molar-refractivity contribution in [2.24, 2.45) is 0 Å². The number of aldehydes is 1. The maximum absolute atomic E-state index is 12.4. The summed E-state index contributed by atoms with van der Waals surface area (Å²) in [7, 11) is 0. The normalized spacial score (nSPS) is 14.6. The molecule has 0 spiro atoms. The number of thiazole rings is 1. The lowest BCUT2D eigenvalue weighted by Crippen LogP contribution is -2.29. The van der Waals surface area contributed by atoms with Crippen molar-refractivity contribution in [2.45, 2.75) is 19.3 Å². The highest BCUT2D eigenvalue weighted by molar-refractivity contribution is 7.29. The van der Waals surface area contributed by atoms with Gasteiger partial charge in [0.25, 0.3) is 5.91 Å². The fourth-order valence-electron chi connectivity index (χ4n) is 2.89. The summed E-state index contributed by atoms with van der Waals surface area (Å²) in [5.74, 6) is -0.145. The number of benzene rings is 1. The molecule has 0 atom stereocenters. The van der Waals surface area contributed by atoms with Gasteiger partial charge < -0.3 is 10.2 Å². The lowest BCUT2D eigenvalue weighted by molar-refractivity contribution is 0.103. The second kappa shape index (κ2) is 6.93. The van der Waals surface area contributed by atoms with Crippen molar-refractivity contribution in [2.75, 3.05) is 23.3 Å². The third kappa shape index (κ3) is 3.43. The number of hydrogen-bond donors (Lipinski definition) is 1. The lowest BCUT2D eigenvalue weighted by Gasteiger charge is -2.25. The summed E-state index contributed by atoms with van der Waals surface area (Å²) in [6.07, 6.45) is 4.53. The van der Waals surface area contributed by atoms with Gasteiger partial charge in [0.2, 0.25) is 0 Å². The third-order valence-electron chi connectivity index (χ3n) is 4.23. The fourth-order valence-corrected chi connectivity index (χ4v) is 5.05. The van der Waals surface area contributed by atoms with Gasteiger partial charge in [-0.25, -0.2) is 4.98 Å². The Kier molecular flexibility index (Phi) is 4.50. The predicted molar refractivity (Wildman–Crippen MR) is 103 cm³/mol. The fraction of sp³-hybridized carbons (Fsp3) is 0.278. The van der Waals surface area contributed by atoms with Crippen LogP contribution in [0.15, 0.2) is 30.3 Å². The van der Waals surface area contributed by atoms with Gasteiger partial charge in [0.05, 0.1) is 9.58 Å². The Morgan fingerprint density at radius 1 is 1.12 bits per heavy atom. The zero-order valence-corrected chi connectivity index (χ0v) is 15.2. The molecule has 1 aliphatic heterocycles. The van der Waals surface area contributed by atoms with Crippen LogP contribution in [0.25, 0.3) is 9.53 Å². The van der Waals surface area contributed by atoms with Gasteiger partial charge in [0.15, 0.2) is 5.13 Å². The number of thiophene rings is 1. The van der Waals surface area contributed by atoms with Crippen LogP contribution in [0, 0.1) is 0 Å². The van der Waals surface area contributed by atoms with Gasteiger partial charge in [0.1, 0.15) is 11.1 Å². The number of fused-ring (bicyclic) bond motifs is 1. The third-order valence-corrected chi connectivity index (χ3v) is 6.45. The van der Waals surface area contributed by atoms with Crippen LogP contribution in [0.3, 0.4) is 0 Å². The molecule has 0 bridgehead atoms. The maximum Gasteiger partial charge on any atom is 0.265 e. The van der Waals surface area contributed by atoms with Gasteiger partial charge in [-0.2, -0.15) is 0 Å². The van der Waals surface area contributed by atoms with Crippen molar-refractivity contribution in [3.05, 3.63) is 40.8 Å². The molecule has 0 saturated carbocycles. The summed E-state index contributed by atoms with van der Waals surface area (Å²) in [6.45, 7) is 2.15. The van der Waals surface area contributed by atoms with Crippen LogP contribution in [-0.4, -0.2) is 30.3 Å². The molecule has 1 fully saturated rings. The van der Waals surface area contributed by atoms with E-state index >= 15 is 0 Å². The van der Waals surface area contributed by atoms with Gasteiger partial charge in [-0.15, -0.1) is 11.3 Å². The molecule has 0 aliphatic carbocycles. The highest BCUT2D eigenvalue weighted by Gasteiger charge is 2.18. The average Bonchev–Trinajstić information content (AvgIpc) is 3.22. The second-order valence-corrected chi connectivity index (χ2v) is 8.06. The van der Waals surface area contributed by atoms with Crippen molar-refractivity contribution in [3.8, 4) is 0 Å². The Hall–Kier alpha value is -2.25. The number of rotatable bonds is 4. The highest BCUT2D eigenvalue weighted by Crippen LogP contribution is 2.35. The predicted octanol–water partition coefficient (Wildman–Crippen LogP) is 4.41. The molecule has 1 N–H and O–H groups in total. The van der Waals surface area contributed by atoms with Crippen molar-refractivity contribution in [1.29, 1.82) is 0 Å². The Labute approximate surface area is 153 Å². The molecule has 7 heteroatoms. The maximum atomic E-state index is 12.4. The Bertz CT molecular complexity index is 877. The summed E-state index contributed by atoms with van der Waals surface area (Å²) in [6, 6.07) is 8.74. The minimum Gasteiger partial charge on any atom is -0.348 e. The van der Waals surface area contributed by atoms with E-state index in [1.807, 2.05) is 6.07 Å². The molecule has 1 amide bonds. The summed E-state index contributed by atoms with van der Waals surface area (Å²) >= 11 is 3.08. The minimum atomic E-state index is -0.145. The van der Waals surface area contributed by atoms with E-state index in [2.05, 4.69) is 10.2 Å². The Morgan fingerprint density at radius 2 is 1.88 bits per heavy atom. The topological polar surface area (TPSA) is 62.3 Å². The van der Waals surface area contributed by atoms with Crippen LogP contribution in [0.1, 0.15) is 39.3 Å². The van der Waals surface area contributed by atoms with Gasteiger partial charge in [-0.1, -0.05) is 11.3 Å². The highest BCUT2D eigenvalue weighted by atomic mass is 32.1. The first-order valence-electron chi connectivity index (χ1n) is 8.25. The van der Waals surface area contributed by atoms with E-state index in [4.69, 9.17) is 4.98 Å². The molecular formula is C18H17N3O2S2. The molecule has 5 nitrogen and oxygen atoms in total. The first-order valence-corrected chi connectivity index (χ1v) is 9.88. The van der Waals surface area contributed by atoms with E-state index in [1.54, 1.807) is 35.6 Å². The summed E-state index contributed by atoms with van der Waals surface area (Å²) in [5, 5.41) is 3.93. The molecule has 3 aromatic rings. The van der Waals surface area contributed by atoms with Crippen LogP contribution in [0.5, 0.6) is 0 Å².